The molecule has 0 aromatic heterocycles. The van der Waals surface area contributed by atoms with Gasteiger partial charge in [0.15, 0.2) is 6.61 Å². The fourth-order valence-electron chi connectivity index (χ4n) is 2.27. The van der Waals surface area contributed by atoms with Crippen LogP contribution in [0, 0.1) is 12.7 Å². The number of carbonyl (C=O) groups excluding carboxylic acids is 1. The van der Waals surface area contributed by atoms with Gasteiger partial charge in [0.25, 0.3) is 15.9 Å². The summed E-state index contributed by atoms with van der Waals surface area (Å²) in [4.78, 5) is 11.3. The lowest BCUT2D eigenvalue weighted by molar-refractivity contribution is -0.118. The van der Waals surface area contributed by atoms with Gasteiger partial charge in [-0.15, -0.1) is 0 Å². The van der Waals surface area contributed by atoms with Crippen molar-refractivity contribution in [2.75, 3.05) is 16.6 Å². The van der Waals surface area contributed by atoms with Crippen molar-refractivity contribution in [1.82, 2.24) is 0 Å². The number of ether oxygens (including phenoxy) is 1. The highest BCUT2D eigenvalue weighted by molar-refractivity contribution is 7.92. The molecule has 8 heteroatoms. The van der Waals surface area contributed by atoms with E-state index in [0.717, 1.165) is 12.1 Å². The first-order valence-corrected chi connectivity index (χ1v) is 8.19. The Morgan fingerprint density at radius 3 is 2.74 bits per heavy atom. The van der Waals surface area contributed by atoms with Crippen LogP contribution in [0.4, 0.5) is 15.8 Å². The van der Waals surface area contributed by atoms with Crippen molar-refractivity contribution < 1.29 is 22.3 Å². The minimum Gasteiger partial charge on any atom is -0.482 e. The Kier molecular flexibility index (Phi) is 3.69. The van der Waals surface area contributed by atoms with Crippen LogP contribution < -0.4 is 14.8 Å². The summed E-state index contributed by atoms with van der Waals surface area (Å²) in [6.07, 6.45) is 0. The van der Waals surface area contributed by atoms with Gasteiger partial charge in [-0.2, -0.15) is 0 Å². The third-order valence-electron chi connectivity index (χ3n) is 3.29. The van der Waals surface area contributed by atoms with Crippen LogP contribution in [-0.4, -0.2) is 20.9 Å². The molecule has 2 N–H and O–H groups in total. The van der Waals surface area contributed by atoms with Crippen LogP contribution in [0.3, 0.4) is 0 Å². The summed E-state index contributed by atoms with van der Waals surface area (Å²) in [6.45, 7) is 1.44. The fourth-order valence-corrected chi connectivity index (χ4v) is 3.55. The van der Waals surface area contributed by atoms with Crippen LogP contribution in [0.15, 0.2) is 41.3 Å². The predicted octanol–water partition coefficient (Wildman–Crippen LogP) is 2.27. The van der Waals surface area contributed by atoms with E-state index in [1.54, 1.807) is 6.07 Å². The number of anilines is 2. The van der Waals surface area contributed by atoms with Crippen LogP contribution >= 0.6 is 0 Å². The summed E-state index contributed by atoms with van der Waals surface area (Å²) in [5.74, 6) is -0.354. The molecular formula is C15H13FN2O4S. The molecule has 6 nitrogen and oxygen atoms in total. The molecule has 0 saturated carbocycles. The fraction of sp³-hybridized carbons (Fsp3) is 0.133. The molecule has 0 bridgehead atoms. The van der Waals surface area contributed by atoms with Crippen molar-refractivity contribution in [2.45, 2.75) is 11.8 Å². The maximum absolute atomic E-state index is 13.1. The third-order valence-corrected chi connectivity index (χ3v) is 4.83. The SMILES string of the molecule is Cc1cc(F)ccc1S(=O)(=O)Nc1ccc2c(c1)NC(=O)CO2. The van der Waals surface area contributed by atoms with Crippen LogP contribution in [-0.2, 0) is 14.8 Å². The molecule has 1 aliphatic heterocycles. The smallest absolute Gasteiger partial charge is 0.262 e. The summed E-state index contributed by atoms with van der Waals surface area (Å²) < 4.78 is 45.6. The second-order valence-corrected chi connectivity index (χ2v) is 6.71. The number of carbonyl (C=O) groups is 1. The molecule has 2 aromatic rings. The molecule has 3 rings (SSSR count). The lowest BCUT2D eigenvalue weighted by Gasteiger charge is -2.19. The molecule has 0 unspecified atom stereocenters. The molecule has 0 aliphatic carbocycles. The van der Waals surface area contributed by atoms with E-state index in [1.807, 2.05) is 0 Å². The number of fused-ring (bicyclic) bond motifs is 1. The number of nitrogens with one attached hydrogen (secondary N) is 2. The predicted molar refractivity (Wildman–Crippen MR) is 82.5 cm³/mol. The van der Waals surface area contributed by atoms with Crippen molar-refractivity contribution in [3.05, 3.63) is 47.8 Å². The number of rotatable bonds is 3. The van der Waals surface area contributed by atoms with Crippen molar-refractivity contribution in [3.8, 4) is 5.75 Å². The maximum atomic E-state index is 13.1. The van der Waals surface area contributed by atoms with Crippen LogP contribution in [0.2, 0.25) is 0 Å². The number of hydrogen-bond donors (Lipinski definition) is 2. The van der Waals surface area contributed by atoms with Gasteiger partial charge in [-0.25, -0.2) is 12.8 Å². The largest absolute Gasteiger partial charge is 0.482 e. The molecule has 1 amide bonds. The normalized spacial score (nSPS) is 13.7. The average Bonchev–Trinajstić information content (AvgIpc) is 2.45. The van der Waals surface area contributed by atoms with Gasteiger partial charge in [-0.05, 0) is 48.9 Å². The molecule has 2 aromatic carbocycles. The molecule has 1 aliphatic rings. The van der Waals surface area contributed by atoms with E-state index in [9.17, 15) is 17.6 Å². The van der Waals surface area contributed by atoms with Gasteiger partial charge in [0.2, 0.25) is 0 Å². The minimum absolute atomic E-state index is 0.0168. The van der Waals surface area contributed by atoms with Gasteiger partial charge in [0, 0.05) is 0 Å². The highest BCUT2D eigenvalue weighted by atomic mass is 32.2. The molecule has 120 valence electrons. The van der Waals surface area contributed by atoms with Gasteiger partial charge in [-0.1, -0.05) is 0 Å². The van der Waals surface area contributed by atoms with Crippen LogP contribution in [0.5, 0.6) is 5.75 Å². The highest BCUT2D eigenvalue weighted by Gasteiger charge is 2.20. The summed E-state index contributed by atoms with van der Waals surface area (Å²) in [5.41, 5.74) is 0.947. The lowest BCUT2D eigenvalue weighted by Crippen LogP contribution is -2.25. The molecule has 23 heavy (non-hydrogen) atoms. The summed E-state index contributed by atoms with van der Waals surface area (Å²) in [7, 11) is -3.87. The zero-order valence-electron chi connectivity index (χ0n) is 12.1. The first-order valence-electron chi connectivity index (χ1n) is 6.71. The van der Waals surface area contributed by atoms with Crippen LogP contribution in [0.1, 0.15) is 5.56 Å². The van der Waals surface area contributed by atoms with Crippen molar-refractivity contribution in [3.63, 3.8) is 0 Å². The Hall–Kier alpha value is -2.61. The molecule has 0 radical (unpaired) electrons. The van der Waals surface area contributed by atoms with E-state index in [-0.39, 0.29) is 23.1 Å². The van der Waals surface area contributed by atoms with Gasteiger partial charge < -0.3 is 10.1 Å². The Morgan fingerprint density at radius 2 is 2.00 bits per heavy atom. The van der Waals surface area contributed by atoms with E-state index in [1.165, 1.54) is 25.1 Å². The van der Waals surface area contributed by atoms with Crippen molar-refractivity contribution >= 4 is 27.3 Å². The average molecular weight is 336 g/mol. The zero-order valence-corrected chi connectivity index (χ0v) is 12.9. The zero-order chi connectivity index (χ0) is 16.6. The van der Waals surface area contributed by atoms with Crippen molar-refractivity contribution in [2.24, 2.45) is 0 Å². The van der Waals surface area contributed by atoms with Crippen LogP contribution in [0.25, 0.3) is 0 Å². The molecule has 0 atom stereocenters. The molecule has 0 spiro atoms. The van der Waals surface area contributed by atoms with Gasteiger partial charge >= 0.3 is 0 Å². The maximum Gasteiger partial charge on any atom is 0.262 e. The highest BCUT2D eigenvalue weighted by Crippen LogP contribution is 2.31. The molecule has 0 fully saturated rings. The second-order valence-electron chi connectivity index (χ2n) is 5.06. The number of halogens is 1. The Bertz CT molecular complexity index is 896. The monoisotopic (exact) mass is 336 g/mol. The van der Waals surface area contributed by atoms with E-state index < -0.39 is 15.8 Å². The summed E-state index contributed by atoms with van der Waals surface area (Å²) in [6, 6.07) is 7.98. The Morgan fingerprint density at radius 1 is 1.22 bits per heavy atom. The third kappa shape index (κ3) is 3.11. The number of hydrogen-bond acceptors (Lipinski definition) is 4. The number of aryl methyl sites for hydroxylation is 1. The molecule has 1 heterocycles. The summed E-state index contributed by atoms with van der Waals surface area (Å²) >= 11 is 0. The van der Waals surface area contributed by atoms with E-state index in [4.69, 9.17) is 4.74 Å². The lowest BCUT2D eigenvalue weighted by atomic mass is 10.2. The Balaban J connectivity index is 1.92. The van der Waals surface area contributed by atoms with Crippen molar-refractivity contribution in [1.29, 1.82) is 0 Å². The number of amides is 1. The van der Waals surface area contributed by atoms with Gasteiger partial charge in [0.1, 0.15) is 11.6 Å². The standard InChI is InChI=1S/C15H13FN2O4S/c1-9-6-10(16)2-5-14(9)23(20,21)18-11-3-4-13-12(7-11)17-15(19)8-22-13/h2-7,18H,8H2,1H3,(H,17,19). The second kappa shape index (κ2) is 5.54. The van der Waals surface area contributed by atoms with E-state index >= 15 is 0 Å². The molecular weight excluding hydrogens is 323 g/mol. The van der Waals surface area contributed by atoms with Gasteiger partial charge in [-0.3, -0.25) is 9.52 Å². The topological polar surface area (TPSA) is 84.5 Å². The molecule has 0 saturated heterocycles. The number of sulfonamides is 1. The van der Waals surface area contributed by atoms with E-state index in [2.05, 4.69) is 10.0 Å². The summed E-state index contributed by atoms with van der Waals surface area (Å²) in [5, 5.41) is 2.60. The first kappa shape index (κ1) is 15.3. The Labute approximate surface area is 132 Å². The van der Waals surface area contributed by atoms with E-state index in [0.29, 0.717) is 17.0 Å². The minimum atomic E-state index is -3.87. The van der Waals surface area contributed by atoms with Gasteiger partial charge in [0.05, 0.1) is 16.3 Å². The number of benzene rings is 2. The first-order chi connectivity index (χ1) is 10.8. The quantitative estimate of drug-likeness (QED) is 0.900.